The van der Waals surface area contributed by atoms with Gasteiger partial charge in [-0.3, -0.25) is 0 Å². The third-order valence-electron chi connectivity index (χ3n) is 2.45. The van der Waals surface area contributed by atoms with E-state index in [2.05, 4.69) is 17.6 Å². The van der Waals surface area contributed by atoms with Gasteiger partial charge in [-0.15, -0.1) is 0 Å². The maximum absolute atomic E-state index is 9.19. The fourth-order valence-electron chi connectivity index (χ4n) is 1.52. The van der Waals surface area contributed by atoms with Crippen molar-refractivity contribution in [3.8, 4) is 0 Å². The Morgan fingerprint density at radius 1 is 1.69 bits per heavy atom. The van der Waals surface area contributed by atoms with Crippen molar-refractivity contribution < 1.29 is 5.11 Å². The second kappa shape index (κ2) is 3.52. The van der Waals surface area contributed by atoms with Crippen LogP contribution in [0, 0.1) is 0 Å². The van der Waals surface area contributed by atoms with Crippen LogP contribution in [-0.2, 0) is 7.05 Å². The van der Waals surface area contributed by atoms with Crippen molar-refractivity contribution in [3.63, 3.8) is 0 Å². The van der Waals surface area contributed by atoms with Gasteiger partial charge in [-0.1, -0.05) is 0 Å². The summed E-state index contributed by atoms with van der Waals surface area (Å²) < 4.78 is 2.01. The van der Waals surface area contributed by atoms with E-state index in [1.165, 1.54) is 18.4 Å². The lowest BCUT2D eigenvalue weighted by molar-refractivity contribution is 0.243. The summed E-state index contributed by atoms with van der Waals surface area (Å²) in [7, 11) is 2.00. The number of aromatic nitrogens is 1. The molecule has 1 saturated carbocycles. The van der Waals surface area contributed by atoms with E-state index in [1.54, 1.807) is 0 Å². The second-order valence-corrected chi connectivity index (χ2v) is 3.79. The van der Waals surface area contributed by atoms with E-state index in [1.807, 2.05) is 17.8 Å². The Kier molecular flexibility index (Phi) is 2.38. The summed E-state index contributed by atoms with van der Waals surface area (Å²) in [5.41, 5.74) is 1.18. The van der Waals surface area contributed by atoms with Crippen LogP contribution < -0.4 is 5.32 Å². The first-order valence-electron chi connectivity index (χ1n) is 4.78. The number of hydrogen-bond acceptors (Lipinski definition) is 2. The molecule has 2 rings (SSSR count). The Balaban J connectivity index is 2.01. The van der Waals surface area contributed by atoms with Gasteiger partial charge in [0.1, 0.15) is 0 Å². The van der Waals surface area contributed by atoms with Gasteiger partial charge < -0.3 is 15.0 Å². The average Bonchev–Trinajstić information content (AvgIpc) is 2.84. The lowest BCUT2D eigenvalue weighted by atomic mass is 10.1. The van der Waals surface area contributed by atoms with Crippen molar-refractivity contribution in [1.29, 1.82) is 0 Å². The largest absolute Gasteiger partial charge is 0.394 e. The molecule has 1 atom stereocenters. The molecule has 0 spiro atoms. The number of hydrogen-bond donors (Lipinski definition) is 2. The Hall–Kier alpha value is -0.800. The first-order chi connectivity index (χ1) is 6.29. The molecule has 1 heterocycles. The Morgan fingerprint density at radius 2 is 2.46 bits per heavy atom. The maximum Gasteiger partial charge on any atom is 0.0627 e. The molecule has 3 nitrogen and oxygen atoms in total. The molecule has 0 aromatic carbocycles. The normalized spacial score (nSPS) is 18.9. The first-order valence-corrected chi connectivity index (χ1v) is 4.78. The van der Waals surface area contributed by atoms with Crippen LogP contribution in [0.1, 0.15) is 24.4 Å². The summed E-state index contributed by atoms with van der Waals surface area (Å²) in [5.74, 6) is 0. The van der Waals surface area contributed by atoms with Crippen molar-refractivity contribution in [2.24, 2.45) is 7.05 Å². The van der Waals surface area contributed by atoms with E-state index < -0.39 is 0 Å². The number of rotatable bonds is 4. The third kappa shape index (κ3) is 2.11. The molecule has 1 fully saturated rings. The molecular weight excluding hydrogens is 164 g/mol. The lowest BCUT2D eigenvalue weighted by Crippen LogP contribution is -2.25. The van der Waals surface area contributed by atoms with Crippen LogP contribution in [0.5, 0.6) is 0 Å². The van der Waals surface area contributed by atoms with E-state index in [0.29, 0.717) is 6.04 Å². The van der Waals surface area contributed by atoms with Crippen molar-refractivity contribution in [1.82, 2.24) is 9.88 Å². The number of aliphatic hydroxyl groups excluding tert-OH is 1. The van der Waals surface area contributed by atoms with Gasteiger partial charge >= 0.3 is 0 Å². The molecule has 1 aromatic rings. The van der Waals surface area contributed by atoms with Gasteiger partial charge in [0.05, 0.1) is 12.6 Å². The Morgan fingerprint density at radius 3 is 2.92 bits per heavy atom. The van der Waals surface area contributed by atoms with E-state index in [4.69, 9.17) is 0 Å². The van der Waals surface area contributed by atoms with E-state index in [-0.39, 0.29) is 12.6 Å². The zero-order valence-electron chi connectivity index (χ0n) is 7.90. The summed E-state index contributed by atoms with van der Waals surface area (Å²) in [6.45, 7) is 0.181. The fourth-order valence-corrected chi connectivity index (χ4v) is 1.52. The second-order valence-electron chi connectivity index (χ2n) is 3.79. The summed E-state index contributed by atoms with van der Waals surface area (Å²) >= 11 is 0. The van der Waals surface area contributed by atoms with Gasteiger partial charge in [-0.25, -0.2) is 0 Å². The van der Waals surface area contributed by atoms with E-state index in [9.17, 15) is 5.11 Å². The van der Waals surface area contributed by atoms with Crippen LogP contribution in [-0.4, -0.2) is 22.3 Å². The zero-order valence-corrected chi connectivity index (χ0v) is 7.90. The minimum atomic E-state index is 0.119. The molecule has 13 heavy (non-hydrogen) atoms. The summed E-state index contributed by atoms with van der Waals surface area (Å²) in [4.78, 5) is 0. The van der Waals surface area contributed by atoms with Gasteiger partial charge in [0, 0.05) is 25.5 Å². The molecule has 72 valence electrons. The fraction of sp³-hybridized carbons (Fsp3) is 0.600. The molecule has 0 radical (unpaired) electrons. The number of aliphatic hydroxyl groups is 1. The quantitative estimate of drug-likeness (QED) is 0.719. The van der Waals surface area contributed by atoms with E-state index >= 15 is 0 Å². The van der Waals surface area contributed by atoms with Crippen molar-refractivity contribution in [2.45, 2.75) is 24.9 Å². The molecule has 0 saturated heterocycles. The van der Waals surface area contributed by atoms with Gasteiger partial charge in [0.15, 0.2) is 0 Å². The van der Waals surface area contributed by atoms with Crippen molar-refractivity contribution in [3.05, 3.63) is 24.0 Å². The SMILES string of the molecule is Cn1ccc(C(CO)NC2CC2)c1. The van der Waals surface area contributed by atoms with Crippen LogP contribution in [0.3, 0.4) is 0 Å². The smallest absolute Gasteiger partial charge is 0.0627 e. The van der Waals surface area contributed by atoms with Crippen LogP contribution in [0.15, 0.2) is 18.5 Å². The molecule has 0 aliphatic heterocycles. The number of nitrogens with one attached hydrogen (secondary N) is 1. The molecule has 0 bridgehead atoms. The predicted molar refractivity (Wildman–Crippen MR) is 51.4 cm³/mol. The standard InChI is InChI=1S/C10H16N2O/c1-12-5-4-8(6-12)10(7-13)11-9-2-3-9/h4-6,9-11,13H,2-3,7H2,1H3. The Bertz CT molecular complexity index is 278. The molecule has 1 aliphatic rings. The van der Waals surface area contributed by atoms with Crippen LogP contribution in [0.2, 0.25) is 0 Å². The first kappa shape index (κ1) is 8.78. The highest BCUT2D eigenvalue weighted by Gasteiger charge is 2.25. The molecule has 2 N–H and O–H groups in total. The summed E-state index contributed by atoms with van der Waals surface area (Å²) in [6.07, 6.45) is 6.56. The van der Waals surface area contributed by atoms with Gasteiger partial charge in [-0.2, -0.15) is 0 Å². The van der Waals surface area contributed by atoms with Gasteiger partial charge in [-0.05, 0) is 24.5 Å². The summed E-state index contributed by atoms with van der Waals surface area (Å²) in [6, 6.07) is 2.81. The minimum Gasteiger partial charge on any atom is -0.394 e. The monoisotopic (exact) mass is 180 g/mol. The molecule has 3 heteroatoms. The Labute approximate surface area is 78.4 Å². The van der Waals surface area contributed by atoms with Crippen LogP contribution in [0.25, 0.3) is 0 Å². The third-order valence-corrected chi connectivity index (χ3v) is 2.45. The van der Waals surface area contributed by atoms with Gasteiger partial charge in [0.25, 0.3) is 0 Å². The minimum absolute atomic E-state index is 0.119. The highest BCUT2D eigenvalue weighted by molar-refractivity contribution is 5.16. The van der Waals surface area contributed by atoms with Crippen LogP contribution in [0.4, 0.5) is 0 Å². The topological polar surface area (TPSA) is 37.2 Å². The van der Waals surface area contributed by atoms with Crippen LogP contribution >= 0.6 is 0 Å². The molecular formula is C10H16N2O. The lowest BCUT2D eigenvalue weighted by Gasteiger charge is -2.13. The average molecular weight is 180 g/mol. The predicted octanol–water partition coefficient (Wildman–Crippen LogP) is 0.810. The molecule has 0 amide bonds. The zero-order chi connectivity index (χ0) is 9.26. The molecule has 1 aromatic heterocycles. The number of aryl methyl sites for hydroxylation is 1. The number of nitrogens with zero attached hydrogens (tertiary/aromatic N) is 1. The molecule has 1 unspecified atom stereocenters. The maximum atomic E-state index is 9.19. The molecule has 1 aliphatic carbocycles. The van der Waals surface area contributed by atoms with Crippen molar-refractivity contribution in [2.75, 3.05) is 6.61 Å². The highest BCUT2D eigenvalue weighted by Crippen LogP contribution is 2.23. The highest BCUT2D eigenvalue weighted by atomic mass is 16.3. The van der Waals surface area contributed by atoms with Crippen molar-refractivity contribution >= 4 is 0 Å². The van der Waals surface area contributed by atoms with Gasteiger partial charge in [0.2, 0.25) is 0 Å². The summed E-state index contributed by atoms with van der Waals surface area (Å²) in [5, 5.41) is 12.6. The van der Waals surface area contributed by atoms with E-state index in [0.717, 1.165) is 0 Å².